The predicted molar refractivity (Wildman–Crippen MR) is 72.8 cm³/mol. The first-order chi connectivity index (χ1) is 9.49. The van der Waals surface area contributed by atoms with Crippen molar-refractivity contribution in [3.63, 3.8) is 0 Å². The molecule has 2 rings (SSSR count). The molecule has 1 aliphatic carbocycles. The van der Waals surface area contributed by atoms with E-state index >= 15 is 0 Å². The third-order valence-electron chi connectivity index (χ3n) is 3.58. The van der Waals surface area contributed by atoms with E-state index in [4.69, 9.17) is 5.11 Å². The van der Waals surface area contributed by atoms with E-state index in [1.165, 1.54) is 24.3 Å². The molecule has 0 spiro atoms. The Morgan fingerprint density at radius 1 is 1.40 bits per heavy atom. The van der Waals surface area contributed by atoms with E-state index in [-0.39, 0.29) is 17.5 Å². The van der Waals surface area contributed by atoms with Crippen molar-refractivity contribution >= 4 is 18.0 Å². The van der Waals surface area contributed by atoms with Gasteiger partial charge < -0.3 is 10.0 Å². The maximum Gasteiger partial charge on any atom is 0.328 e. The van der Waals surface area contributed by atoms with Crippen molar-refractivity contribution in [1.29, 1.82) is 0 Å². The molecule has 1 N–H and O–H groups in total. The van der Waals surface area contributed by atoms with Crippen LogP contribution in [0, 0.1) is 5.82 Å². The highest BCUT2D eigenvalue weighted by atomic mass is 19.1. The number of hydrogen-bond donors (Lipinski definition) is 1. The molecule has 0 saturated heterocycles. The molecule has 1 fully saturated rings. The number of hydrogen-bond acceptors (Lipinski definition) is 2. The molecule has 20 heavy (non-hydrogen) atoms. The van der Waals surface area contributed by atoms with Gasteiger partial charge in [0, 0.05) is 19.2 Å². The van der Waals surface area contributed by atoms with Gasteiger partial charge in [-0.1, -0.05) is 6.07 Å². The number of halogens is 1. The molecule has 106 valence electrons. The van der Waals surface area contributed by atoms with E-state index in [0.29, 0.717) is 5.56 Å². The number of amides is 1. The molecule has 1 amide bonds. The first kappa shape index (κ1) is 14.2. The van der Waals surface area contributed by atoms with Crippen molar-refractivity contribution in [2.45, 2.75) is 25.3 Å². The Bertz CT molecular complexity index is 564. The van der Waals surface area contributed by atoms with E-state index in [0.717, 1.165) is 25.3 Å². The fourth-order valence-electron chi connectivity index (χ4n) is 2.11. The molecular weight excluding hydrogens is 261 g/mol. The summed E-state index contributed by atoms with van der Waals surface area (Å²) in [6, 6.07) is 4.19. The largest absolute Gasteiger partial charge is 0.478 e. The Kier molecular flexibility index (Phi) is 4.17. The molecule has 0 atom stereocenters. The Hall–Kier alpha value is -2.17. The van der Waals surface area contributed by atoms with Gasteiger partial charge in [-0.2, -0.15) is 0 Å². The van der Waals surface area contributed by atoms with Gasteiger partial charge in [0.2, 0.25) is 0 Å². The van der Waals surface area contributed by atoms with Crippen molar-refractivity contribution in [2.24, 2.45) is 0 Å². The average molecular weight is 277 g/mol. The number of rotatable bonds is 4. The number of carbonyl (C=O) groups excluding carboxylic acids is 1. The lowest BCUT2D eigenvalue weighted by molar-refractivity contribution is -0.131. The van der Waals surface area contributed by atoms with Crippen LogP contribution < -0.4 is 0 Å². The Morgan fingerprint density at radius 2 is 2.10 bits per heavy atom. The zero-order chi connectivity index (χ0) is 14.7. The van der Waals surface area contributed by atoms with Gasteiger partial charge in [0.05, 0.1) is 5.56 Å². The molecule has 0 aliphatic heterocycles. The van der Waals surface area contributed by atoms with Crippen molar-refractivity contribution in [3.8, 4) is 0 Å². The standard InChI is InChI=1S/C15H16FNO3/c1-17(11-3-2-4-11)15(20)12-9-10(5-7-13(12)16)6-8-14(18)19/h5-9,11H,2-4H2,1H3,(H,18,19)/b8-6+. The summed E-state index contributed by atoms with van der Waals surface area (Å²) in [5.41, 5.74) is 0.464. The van der Waals surface area contributed by atoms with Gasteiger partial charge in [0.25, 0.3) is 5.91 Å². The number of aliphatic carboxylic acids is 1. The van der Waals surface area contributed by atoms with Crippen LogP contribution in [0.4, 0.5) is 4.39 Å². The SMILES string of the molecule is CN(C(=O)c1cc(/C=C/C(=O)O)ccc1F)C1CCC1. The quantitative estimate of drug-likeness (QED) is 0.860. The minimum Gasteiger partial charge on any atom is -0.478 e. The lowest BCUT2D eigenvalue weighted by atomic mass is 9.91. The van der Waals surface area contributed by atoms with Gasteiger partial charge in [-0.3, -0.25) is 4.79 Å². The second-order valence-electron chi connectivity index (χ2n) is 4.91. The third-order valence-corrected chi connectivity index (χ3v) is 3.58. The van der Waals surface area contributed by atoms with Gasteiger partial charge in [-0.05, 0) is 43.0 Å². The number of nitrogens with zero attached hydrogens (tertiary/aromatic N) is 1. The molecule has 0 heterocycles. The van der Waals surface area contributed by atoms with Crippen molar-refractivity contribution in [1.82, 2.24) is 4.90 Å². The molecule has 1 aromatic rings. The van der Waals surface area contributed by atoms with Gasteiger partial charge in [-0.15, -0.1) is 0 Å². The lowest BCUT2D eigenvalue weighted by Crippen LogP contribution is -2.41. The fraction of sp³-hybridized carbons (Fsp3) is 0.333. The van der Waals surface area contributed by atoms with E-state index < -0.39 is 11.8 Å². The summed E-state index contributed by atoms with van der Waals surface area (Å²) in [4.78, 5) is 24.3. The number of carbonyl (C=O) groups is 2. The zero-order valence-electron chi connectivity index (χ0n) is 11.2. The molecule has 0 unspecified atom stereocenters. The van der Waals surface area contributed by atoms with Crippen LogP contribution in [-0.2, 0) is 4.79 Å². The molecule has 0 bridgehead atoms. The average Bonchev–Trinajstić information content (AvgIpc) is 2.34. The first-order valence-electron chi connectivity index (χ1n) is 6.47. The molecule has 0 aromatic heterocycles. The Balaban J connectivity index is 2.23. The summed E-state index contributed by atoms with van der Waals surface area (Å²) in [5, 5.41) is 8.57. The summed E-state index contributed by atoms with van der Waals surface area (Å²) < 4.78 is 13.8. The van der Waals surface area contributed by atoms with Crippen LogP contribution in [-0.4, -0.2) is 35.0 Å². The molecule has 1 saturated carbocycles. The van der Waals surface area contributed by atoms with Crippen LogP contribution in [0.2, 0.25) is 0 Å². The minimum atomic E-state index is -1.09. The Labute approximate surface area is 116 Å². The predicted octanol–water partition coefficient (Wildman–Crippen LogP) is 2.55. The smallest absolute Gasteiger partial charge is 0.328 e. The van der Waals surface area contributed by atoms with E-state index in [2.05, 4.69) is 0 Å². The van der Waals surface area contributed by atoms with Gasteiger partial charge in [-0.25, -0.2) is 9.18 Å². The highest BCUT2D eigenvalue weighted by molar-refractivity contribution is 5.95. The van der Waals surface area contributed by atoms with E-state index in [1.807, 2.05) is 0 Å². The van der Waals surface area contributed by atoms with Crippen LogP contribution in [0.15, 0.2) is 24.3 Å². The summed E-state index contributed by atoms with van der Waals surface area (Å²) in [5.74, 6) is -2.04. The third kappa shape index (κ3) is 3.04. The number of benzene rings is 1. The monoisotopic (exact) mass is 277 g/mol. The van der Waals surface area contributed by atoms with Crippen molar-refractivity contribution in [2.75, 3.05) is 7.05 Å². The number of carboxylic acids is 1. The number of carboxylic acid groups (broad SMARTS) is 1. The Morgan fingerprint density at radius 3 is 2.65 bits per heavy atom. The van der Waals surface area contributed by atoms with Crippen LogP contribution in [0.1, 0.15) is 35.2 Å². The van der Waals surface area contributed by atoms with Crippen molar-refractivity contribution < 1.29 is 19.1 Å². The van der Waals surface area contributed by atoms with Crippen LogP contribution in [0.25, 0.3) is 6.08 Å². The molecule has 1 aromatic carbocycles. The lowest BCUT2D eigenvalue weighted by Gasteiger charge is -2.34. The summed E-state index contributed by atoms with van der Waals surface area (Å²) in [7, 11) is 1.67. The molecule has 0 radical (unpaired) electrons. The summed E-state index contributed by atoms with van der Waals surface area (Å²) >= 11 is 0. The van der Waals surface area contributed by atoms with Crippen LogP contribution >= 0.6 is 0 Å². The summed E-state index contributed by atoms with van der Waals surface area (Å²) in [6.45, 7) is 0. The van der Waals surface area contributed by atoms with Gasteiger partial charge in [0.1, 0.15) is 5.82 Å². The van der Waals surface area contributed by atoms with Crippen LogP contribution in [0.3, 0.4) is 0 Å². The molecule has 1 aliphatic rings. The maximum absolute atomic E-state index is 13.8. The highest BCUT2D eigenvalue weighted by Gasteiger charge is 2.27. The van der Waals surface area contributed by atoms with Crippen molar-refractivity contribution in [3.05, 3.63) is 41.2 Å². The normalized spacial score (nSPS) is 15.1. The van der Waals surface area contributed by atoms with Gasteiger partial charge in [0.15, 0.2) is 0 Å². The van der Waals surface area contributed by atoms with Crippen LogP contribution in [0.5, 0.6) is 0 Å². The minimum absolute atomic E-state index is 0.0214. The second-order valence-corrected chi connectivity index (χ2v) is 4.91. The second kappa shape index (κ2) is 5.86. The van der Waals surface area contributed by atoms with Gasteiger partial charge >= 0.3 is 5.97 Å². The highest BCUT2D eigenvalue weighted by Crippen LogP contribution is 2.25. The molecule has 4 nitrogen and oxygen atoms in total. The maximum atomic E-state index is 13.8. The molecule has 5 heteroatoms. The first-order valence-corrected chi connectivity index (χ1v) is 6.47. The van der Waals surface area contributed by atoms with E-state index in [1.54, 1.807) is 11.9 Å². The zero-order valence-corrected chi connectivity index (χ0v) is 11.2. The summed E-state index contributed by atoms with van der Waals surface area (Å²) in [6.07, 6.45) is 5.27. The fourth-order valence-corrected chi connectivity index (χ4v) is 2.11. The molecular formula is C15H16FNO3. The topological polar surface area (TPSA) is 57.6 Å². The van der Waals surface area contributed by atoms with E-state index in [9.17, 15) is 14.0 Å².